The van der Waals surface area contributed by atoms with Gasteiger partial charge in [-0.05, 0) is 35.4 Å². The molecule has 2 aromatic carbocycles. The molecule has 7 heteroatoms. The van der Waals surface area contributed by atoms with E-state index in [2.05, 4.69) is 15.5 Å². The second-order valence-corrected chi connectivity index (χ2v) is 6.44. The van der Waals surface area contributed by atoms with Crippen LogP contribution < -0.4 is 10.1 Å². The minimum Gasteiger partial charge on any atom is -0.497 e. The molecule has 0 saturated carbocycles. The van der Waals surface area contributed by atoms with E-state index in [1.165, 1.54) is 23.5 Å². The van der Waals surface area contributed by atoms with E-state index in [0.717, 1.165) is 21.9 Å². The number of rotatable bonds is 6. The largest absolute Gasteiger partial charge is 0.497 e. The Hall–Kier alpha value is -2.80. The number of methoxy groups -OCH3 is 1. The van der Waals surface area contributed by atoms with Crippen molar-refractivity contribution in [2.75, 3.05) is 12.4 Å². The SMILES string of the molecule is COc1ccc(Cc2nnc(NC(=O)Cc3ccc(F)cc3)s2)cc1. The molecule has 0 fully saturated rings. The number of halogens is 1. The molecule has 128 valence electrons. The smallest absolute Gasteiger partial charge is 0.230 e. The van der Waals surface area contributed by atoms with E-state index in [-0.39, 0.29) is 18.1 Å². The summed E-state index contributed by atoms with van der Waals surface area (Å²) in [4.78, 5) is 12.0. The van der Waals surface area contributed by atoms with Gasteiger partial charge in [0.25, 0.3) is 0 Å². The summed E-state index contributed by atoms with van der Waals surface area (Å²) in [7, 11) is 1.63. The molecule has 3 aromatic rings. The number of hydrogen-bond acceptors (Lipinski definition) is 5. The van der Waals surface area contributed by atoms with Crippen LogP contribution in [-0.4, -0.2) is 23.2 Å². The van der Waals surface area contributed by atoms with Gasteiger partial charge in [0.15, 0.2) is 0 Å². The van der Waals surface area contributed by atoms with E-state index < -0.39 is 0 Å². The van der Waals surface area contributed by atoms with Gasteiger partial charge < -0.3 is 10.1 Å². The van der Waals surface area contributed by atoms with Crippen LogP contribution in [0.3, 0.4) is 0 Å². The number of ether oxygens (including phenoxy) is 1. The highest BCUT2D eigenvalue weighted by Crippen LogP contribution is 2.20. The summed E-state index contributed by atoms with van der Waals surface area (Å²) in [5.41, 5.74) is 1.82. The number of nitrogens with one attached hydrogen (secondary N) is 1. The van der Waals surface area contributed by atoms with Crippen LogP contribution in [0.4, 0.5) is 9.52 Å². The Kier molecular flexibility index (Phi) is 5.35. The van der Waals surface area contributed by atoms with Crippen LogP contribution in [0.2, 0.25) is 0 Å². The highest BCUT2D eigenvalue weighted by Gasteiger charge is 2.10. The number of benzene rings is 2. The lowest BCUT2D eigenvalue weighted by Gasteiger charge is -2.02. The van der Waals surface area contributed by atoms with Crippen molar-refractivity contribution < 1.29 is 13.9 Å². The first-order valence-electron chi connectivity index (χ1n) is 7.62. The van der Waals surface area contributed by atoms with Crippen LogP contribution in [0.25, 0.3) is 0 Å². The van der Waals surface area contributed by atoms with Crippen LogP contribution in [0.1, 0.15) is 16.1 Å². The third-order valence-corrected chi connectivity index (χ3v) is 4.34. The van der Waals surface area contributed by atoms with Crippen LogP contribution in [0.15, 0.2) is 48.5 Å². The number of anilines is 1. The average Bonchev–Trinajstić information content (AvgIpc) is 3.04. The van der Waals surface area contributed by atoms with Crippen LogP contribution >= 0.6 is 11.3 Å². The predicted molar refractivity (Wildman–Crippen MR) is 94.4 cm³/mol. The Morgan fingerprint density at radius 2 is 1.76 bits per heavy atom. The fraction of sp³-hybridized carbons (Fsp3) is 0.167. The van der Waals surface area contributed by atoms with Crippen molar-refractivity contribution in [1.82, 2.24) is 10.2 Å². The lowest BCUT2D eigenvalue weighted by molar-refractivity contribution is -0.115. The highest BCUT2D eigenvalue weighted by atomic mass is 32.1. The van der Waals surface area contributed by atoms with Gasteiger partial charge in [-0.1, -0.05) is 35.6 Å². The highest BCUT2D eigenvalue weighted by molar-refractivity contribution is 7.15. The summed E-state index contributed by atoms with van der Waals surface area (Å²) in [6.45, 7) is 0. The molecule has 0 atom stereocenters. The molecule has 1 amide bonds. The first kappa shape index (κ1) is 17.0. The number of nitrogens with zero attached hydrogens (tertiary/aromatic N) is 2. The van der Waals surface area contributed by atoms with Crippen LogP contribution in [0.5, 0.6) is 5.75 Å². The van der Waals surface area contributed by atoms with Gasteiger partial charge in [0.1, 0.15) is 16.6 Å². The van der Waals surface area contributed by atoms with Gasteiger partial charge in [-0.2, -0.15) is 0 Å². The summed E-state index contributed by atoms with van der Waals surface area (Å²) < 4.78 is 18.0. The molecule has 1 heterocycles. The third kappa shape index (κ3) is 4.84. The zero-order chi connectivity index (χ0) is 17.6. The predicted octanol–water partition coefficient (Wildman–Crippen LogP) is 3.46. The summed E-state index contributed by atoms with van der Waals surface area (Å²) in [5.74, 6) is 0.268. The van der Waals surface area contributed by atoms with E-state index in [1.54, 1.807) is 19.2 Å². The quantitative estimate of drug-likeness (QED) is 0.734. The van der Waals surface area contributed by atoms with E-state index in [4.69, 9.17) is 4.74 Å². The number of aromatic nitrogens is 2. The molecule has 0 radical (unpaired) electrons. The fourth-order valence-electron chi connectivity index (χ4n) is 2.24. The summed E-state index contributed by atoms with van der Waals surface area (Å²) >= 11 is 1.33. The summed E-state index contributed by atoms with van der Waals surface area (Å²) in [6.07, 6.45) is 0.795. The van der Waals surface area contributed by atoms with Gasteiger partial charge in [-0.25, -0.2) is 4.39 Å². The Labute approximate surface area is 148 Å². The molecule has 0 spiro atoms. The van der Waals surface area contributed by atoms with E-state index >= 15 is 0 Å². The van der Waals surface area contributed by atoms with Crippen molar-refractivity contribution in [2.24, 2.45) is 0 Å². The first-order valence-corrected chi connectivity index (χ1v) is 8.43. The maximum Gasteiger partial charge on any atom is 0.230 e. The molecule has 0 unspecified atom stereocenters. The minimum absolute atomic E-state index is 0.160. The molecule has 1 aromatic heterocycles. The van der Waals surface area contributed by atoms with Gasteiger partial charge >= 0.3 is 0 Å². The molecule has 0 aliphatic carbocycles. The Morgan fingerprint density at radius 3 is 2.44 bits per heavy atom. The molecule has 3 rings (SSSR count). The molecule has 5 nitrogen and oxygen atoms in total. The molecule has 0 bridgehead atoms. The standard InChI is InChI=1S/C18H16FN3O2S/c1-24-15-8-4-13(5-9-15)11-17-21-22-18(25-17)20-16(23)10-12-2-6-14(19)7-3-12/h2-9H,10-11H2,1H3,(H,20,22,23). The maximum atomic E-state index is 12.9. The van der Waals surface area contributed by atoms with Gasteiger partial charge in [-0.15, -0.1) is 10.2 Å². The van der Waals surface area contributed by atoms with Gasteiger partial charge in [0.05, 0.1) is 13.5 Å². The molecule has 1 N–H and O–H groups in total. The Morgan fingerprint density at radius 1 is 1.08 bits per heavy atom. The fourth-order valence-corrected chi connectivity index (χ4v) is 3.03. The van der Waals surface area contributed by atoms with Crippen LogP contribution in [0, 0.1) is 5.82 Å². The number of amides is 1. The van der Waals surface area contributed by atoms with Gasteiger partial charge in [0.2, 0.25) is 11.0 Å². The van der Waals surface area contributed by atoms with Crippen molar-refractivity contribution in [3.8, 4) is 5.75 Å². The number of carbonyl (C=O) groups is 1. The normalized spacial score (nSPS) is 10.5. The lowest BCUT2D eigenvalue weighted by atomic mass is 10.1. The zero-order valence-electron chi connectivity index (χ0n) is 13.5. The second kappa shape index (κ2) is 7.85. The molecule has 0 aliphatic rings. The van der Waals surface area contributed by atoms with Gasteiger partial charge in [-0.3, -0.25) is 4.79 Å². The van der Waals surface area contributed by atoms with Crippen molar-refractivity contribution in [1.29, 1.82) is 0 Å². The maximum absolute atomic E-state index is 12.9. The van der Waals surface area contributed by atoms with Gasteiger partial charge in [0, 0.05) is 6.42 Å². The number of carbonyl (C=O) groups excluding carboxylic acids is 1. The second-order valence-electron chi connectivity index (χ2n) is 5.38. The first-order chi connectivity index (χ1) is 12.1. The zero-order valence-corrected chi connectivity index (χ0v) is 14.3. The van der Waals surface area contributed by atoms with Crippen molar-refractivity contribution >= 4 is 22.4 Å². The summed E-state index contributed by atoms with van der Waals surface area (Å²) in [5, 5.41) is 12.1. The van der Waals surface area contributed by atoms with E-state index in [1.807, 2.05) is 24.3 Å². The third-order valence-electron chi connectivity index (χ3n) is 3.51. The monoisotopic (exact) mass is 357 g/mol. The van der Waals surface area contributed by atoms with Crippen LogP contribution in [-0.2, 0) is 17.6 Å². The molecule has 0 aliphatic heterocycles. The minimum atomic E-state index is -0.323. The van der Waals surface area contributed by atoms with E-state index in [0.29, 0.717) is 11.6 Å². The summed E-state index contributed by atoms with van der Waals surface area (Å²) in [6, 6.07) is 13.6. The molecular weight excluding hydrogens is 341 g/mol. The number of hydrogen-bond donors (Lipinski definition) is 1. The van der Waals surface area contributed by atoms with Crippen molar-refractivity contribution in [2.45, 2.75) is 12.8 Å². The topological polar surface area (TPSA) is 64.1 Å². The molecular formula is C18H16FN3O2S. The molecule has 0 saturated heterocycles. The molecule has 25 heavy (non-hydrogen) atoms. The van der Waals surface area contributed by atoms with Crippen molar-refractivity contribution in [3.63, 3.8) is 0 Å². The average molecular weight is 357 g/mol. The lowest BCUT2D eigenvalue weighted by Crippen LogP contribution is -2.14. The Balaban J connectivity index is 1.57. The van der Waals surface area contributed by atoms with E-state index in [9.17, 15) is 9.18 Å². The van der Waals surface area contributed by atoms with Crippen molar-refractivity contribution in [3.05, 3.63) is 70.5 Å². The Bertz CT molecular complexity index is 848.